The predicted octanol–water partition coefficient (Wildman–Crippen LogP) is 18.5. The van der Waals surface area contributed by atoms with E-state index in [1.54, 1.807) is 0 Å². The van der Waals surface area contributed by atoms with Gasteiger partial charge in [-0.1, -0.05) is 206 Å². The second-order valence-electron chi connectivity index (χ2n) is 17.8. The summed E-state index contributed by atoms with van der Waals surface area (Å²) >= 11 is 0. The van der Waals surface area contributed by atoms with Crippen LogP contribution in [0.3, 0.4) is 0 Å². The molecule has 0 bridgehead atoms. The highest BCUT2D eigenvalue weighted by Gasteiger charge is 2.21. The van der Waals surface area contributed by atoms with Crippen molar-refractivity contribution in [2.45, 2.75) is 6.42 Å². The summed E-state index contributed by atoms with van der Waals surface area (Å²) in [5.41, 5.74) is 14.1. The average molecular weight is 837 g/mol. The largest absolute Gasteiger partial charge is 0.455 e. The minimum atomic E-state index is 0.908. The molecule has 12 aromatic carbocycles. The molecule has 1 aliphatic rings. The second-order valence-corrected chi connectivity index (χ2v) is 17.8. The van der Waals surface area contributed by atoms with Gasteiger partial charge in [0.25, 0.3) is 0 Å². The maximum atomic E-state index is 6.72. The highest BCUT2D eigenvalue weighted by molar-refractivity contribution is 6.27. The fourth-order valence-electron chi connectivity index (χ4n) is 11.3. The summed E-state index contributed by atoms with van der Waals surface area (Å²) in [6.45, 7) is 0. The van der Waals surface area contributed by atoms with Gasteiger partial charge in [-0.05, 0) is 145 Å². The lowest BCUT2D eigenvalue weighted by molar-refractivity contribution is 0.670. The average Bonchev–Trinajstić information content (AvgIpc) is 4.07. The third-order valence-corrected chi connectivity index (χ3v) is 14.3. The van der Waals surface area contributed by atoms with E-state index >= 15 is 0 Å². The normalized spacial score (nSPS) is 12.8. The summed E-state index contributed by atoms with van der Waals surface area (Å²) in [4.78, 5) is 0. The van der Waals surface area contributed by atoms with Gasteiger partial charge in [-0.25, -0.2) is 0 Å². The molecule has 1 heterocycles. The Morgan fingerprint density at radius 2 is 0.864 bits per heavy atom. The van der Waals surface area contributed by atoms with E-state index in [2.05, 4.69) is 231 Å². The molecule has 306 valence electrons. The first-order valence-corrected chi connectivity index (χ1v) is 23.0. The fraction of sp³-hybridized carbons (Fsp3) is 0.0154. The third-order valence-electron chi connectivity index (χ3n) is 14.3. The highest BCUT2D eigenvalue weighted by Crippen LogP contribution is 2.48. The molecule has 0 atom stereocenters. The lowest BCUT2D eigenvalue weighted by atomic mass is 9.83. The Morgan fingerprint density at radius 1 is 0.318 bits per heavy atom. The van der Waals surface area contributed by atoms with Crippen LogP contribution in [0.4, 0.5) is 0 Å². The molecule has 0 N–H and O–H groups in total. The van der Waals surface area contributed by atoms with Gasteiger partial charge < -0.3 is 4.42 Å². The van der Waals surface area contributed by atoms with Crippen LogP contribution in [0.1, 0.15) is 12.0 Å². The Hall–Kier alpha value is -8.52. The lowest BCUT2D eigenvalue weighted by Gasteiger charge is -2.20. The van der Waals surface area contributed by atoms with Crippen molar-refractivity contribution in [3.63, 3.8) is 0 Å². The van der Waals surface area contributed by atoms with Crippen molar-refractivity contribution in [2.75, 3.05) is 0 Å². The zero-order chi connectivity index (χ0) is 43.3. The van der Waals surface area contributed by atoms with Crippen molar-refractivity contribution in [2.24, 2.45) is 0 Å². The maximum Gasteiger partial charge on any atom is 0.143 e. The number of para-hydroxylation sites is 1. The van der Waals surface area contributed by atoms with Gasteiger partial charge in [0, 0.05) is 16.3 Å². The number of furan rings is 1. The number of fused-ring (bicyclic) bond motifs is 12. The van der Waals surface area contributed by atoms with Crippen molar-refractivity contribution >= 4 is 92.1 Å². The number of allylic oxidation sites excluding steroid dienone is 4. The van der Waals surface area contributed by atoms with Crippen molar-refractivity contribution in [3.8, 4) is 44.5 Å². The van der Waals surface area contributed by atoms with Crippen molar-refractivity contribution in [3.05, 3.63) is 236 Å². The molecule has 0 amide bonds. The fourth-order valence-corrected chi connectivity index (χ4v) is 11.3. The molecular weight excluding hydrogens is 797 g/mol. The maximum absolute atomic E-state index is 6.72. The number of benzene rings is 12. The minimum Gasteiger partial charge on any atom is -0.455 e. The molecule has 0 spiro atoms. The molecule has 0 saturated heterocycles. The Morgan fingerprint density at radius 3 is 1.61 bits per heavy atom. The quantitative estimate of drug-likeness (QED) is 0.124. The first kappa shape index (κ1) is 36.9. The Bertz CT molecular complexity index is 4180. The van der Waals surface area contributed by atoms with Gasteiger partial charge >= 0.3 is 0 Å². The van der Waals surface area contributed by atoms with Crippen LogP contribution in [-0.4, -0.2) is 0 Å². The summed E-state index contributed by atoms with van der Waals surface area (Å²) < 4.78 is 6.72. The Kier molecular flexibility index (Phi) is 8.11. The van der Waals surface area contributed by atoms with E-state index in [0.717, 1.165) is 34.1 Å². The van der Waals surface area contributed by atoms with E-state index in [-0.39, 0.29) is 0 Å². The molecule has 14 rings (SSSR count). The summed E-state index contributed by atoms with van der Waals surface area (Å²) in [7, 11) is 0. The molecule has 1 nitrogen and oxygen atoms in total. The van der Waals surface area contributed by atoms with Gasteiger partial charge in [-0.3, -0.25) is 0 Å². The van der Waals surface area contributed by atoms with E-state index in [4.69, 9.17) is 4.42 Å². The molecule has 1 aliphatic carbocycles. The number of rotatable bonds is 5. The van der Waals surface area contributed by atoms with Gasteiger partial charge in [0.15, 0.2) is 0 Å². The molecular formula is C65H40O. The highest BCUT2D eigenvalue weighted by atomic mass is 16.3. The molecule has 0 saturated carbocycles. The molecule has 1 heteroatoms. The van der Waals surface area contributed by atoms with E-state index < -0.39 is 0 Å². The van der Waals surface area contributed by atoms with Gasteiger partial charge in [-0.15, -0.1) is 0 Å². The minimum absolute atomic E-state index is 0.908. The molecule has 0 unspecified atom stereocenters. The van der Waals surface area contributed by atoms with Gasteiger partial charge in [0.05, 0.1) is 0 Å². The van der Waals surface area contributed by atoms with Crippen LogP contribution >= 0.6 is 0 Å². The standard InChI is InChI=1S/C65H40O/c1-2-16-40(15-1)41-31-33-42(34-32-41)62-53-23-7-9-25-55(53)63(56-26-10-8-24-54(56)62)52-29-14-28-49-50(52)35-36-51-47-21-5-6-22-48(47)58(39-60(49)51)43-18-13-19-44(37-43)59-38-45-17-3-4-20-46(45)64-57-27-11-12-30-61(57)66-65(59)64/h1-15,17-39H,16H2. The summed E-state index contributed by atoms with van der Waals surface area (Å²) in [6.07, 6.45) is 7.61. The first-order chi connectivity index (χ1) is 32.7. The molecule has 0 fully saturated rings. The molecule has 13 aromatic rings. The SMILES string of the molecule is C1=CCC(c2ccc(-c3c4ccccc4c(-c4cccc5c4ccc4c6ccccc6c(-c6cccc(-c7cc8ccccc8c8c7oc7ccccc78)c6)cc54)c4ccccc34)cc2)=C1. The summed E-state index contributed by atoms with van der Waals surface area (Å²) in [5, 5.41) is 17.2. The van der Waals surface area contributed by atoms with Crippen LogP contribution in [0.15, 0.2) is 235 Å². The predicted molar refractivity (Wildman–Crippen MR) is 282 cm³/mol. The smallest absolute Gasteiger partial charge is 0.143 e. The zero-order valence-electron chi connectivity index (χ0n) is 36.1. The summed E-state index contributed by atoms with van der Waals surface area (Å²) in [5.74, 6) is 0. The molecule has 0 radical (unpaired) electrons. The van der Waals surface area contributed by atoms with Crippen LogP contribution < -0.4 is 0 Å². The van der Waals surface area contributed by atoms with E-state index in [1.807, 2.05) is 0 Å². The molecule has 1 aromatic heterocycles. The van der Waals surface area contributed by atoms with Gasteiger partial charge in [0.1, 0.15) is 11.2 Å². The van der Waals surface area contributed by atoms with E-state index in [0.29, 0.717) is 0 Å². The monoisotopic (exact) mass is 836 g/mol. The van der Waals surface area contributed by atoms with Crippen LogP contribution in [0.25, 0.3) is 137 Å². The van der Waals surface area contributed by atoms with E-state index in [9.17, 15) is 0 Å². The van der Waals surface area contributed by atoms with E-state index in [1.165, 1.54) is 115 Å². The number of hydrogen-bond acceptors (Lipinski definition) is 1. The van der Waals surface area contributed by atoms with Crippen molar-refractivity contribution < 1.29 is 4.42 Å². The lowest BCUT2D eigenvalue weighted by Crippen LogP contribution is -1.92. The van der Waals surface area contributed by atoms with Gasteiger partial charge in [-0.2, -0.15) is 0 Å². The van der Waals surface area contributed by atoms with Crippen LogP contribution in [-0.2, 0) is 0 Å². The topological polar surface area (TPSA) is 13.1 Å². The van der Waals surface area contributed by atoms with Crippen molar-refractivity contribution in [1.82, 2.24) is 0 Å². The van der Waals surface area contributed by atoms with Crippen molar-refractivity contribution in [1.29, 1.82) is 0 Å². The number of hydrogen-bond donors (Lipinski definition) is 0. The Balaban J connectivity index is 0.977. The first-order valence-electron chi connectivity index (χ1n) is 23.0. The molecule has 0 aliphatic heterocycles. The van der Waals surface area contributed by atoms with Crippen LogP contribution in [0.2, 0.25) is 0 Å². The second kappa shape index (κ2) is 14.5. The van der Waals surface area contributed by atoms with Gasteiger partial charge in [0.2, 0.25) is 0 Å². The van der Waals surface area contributed by atoms with Crippen LogP contribution in [0.5, 0.6) is 0 Å². The summed E-state index contributed by atoms with van der Waals surface area (Å²) in [6, 6.07) is 78.6. The third kappa shape index (κ3) is 5.54. The molecule has 66 heavy (non-hydrogen) atoms. The zero-order valence-corrected chi connectivity index (χ0v) is 36.1. The Labute approximate surface area is 381 Å². The van der Waals surface area contributed by atoms with Crippen LogP contribution in [0, 0.1) is 0 Å².